The van der Waals surface area contributed by atoms with Crippen molar-refractivity contribution in [3.63, 3.8) is 0 Å². The average Bonchev–Trinajstić information content (AvgIpc) is 3.01. The average molecular weight is 340 g/mol. The van der Waals surface area contributed by atoms with Crippen LogP contribution < -0.4 is 4.90 Å². The van der Waals surface area contributed by atoms with Crippen molar-refractivity contribution in [3.8, 4) is 5.82 Å². The predicted molar refractivity (Wildman–Crippen MR) is 99.3 cm³/mol. The van der Waals surface area contributed by atoms with Crippen LogP contribution >= 0.6 is 0 Å². The van der Waals surface area contributed by atoms with E-state index in [4.69, 9.17) is 4.98 Å². The van der Waals surface area contributed by atoms with Crippen molar-refractivity contribution in [2.24, 2.45) is 0 Å². The number of aromatic nitrogens is 4. The number of hydrogen-bond donors (Lipinski definition) is 0. The molecular formula is C19H28N6. The Labute approximate surface area is 149 Å². The molecule has 6 nitrogen and oxygen atoms in total. The van der Waals surface area contributed by atoms with Gasteiger partial charge in [-0.15, -0.1) is 0 Å². The van der Waals surface area contributed by atoms with E-state index in [9.17, 15) is 0 Å². The minimum absolute atomic E-state index is 0.804. The van der Waals surface area contributed by atoms with Gasteiger partial charge in [0.05, 0.1) is 5.69 Å². The van der Waals surface area contributed by atoms with Gasteiger partial charge >= 0.3 is 0 Å². The monoisotopic (exact) mass is 340 g/mol. The minimum atomic E-state index is 0.804. The van der Waals surface area contributed by atoms with E-state index in [0.717, 1.165) is 55.4 Å². The smallest absolute Gasteiger partial charge is 0.227 e. The van der Waals surface area contributed by atoms with Crippen LogP contribution in [0.25, 0.3) is 5.82 Å². The molecule has 2 aliphatic rings. The number of nitrogens with zero attached hydrogens (tertiary/aromatic N) is 6. The van der Waals surface area contributed by atoms with Gasteiger partial charge in [0.15, 0.2) is 5.82 Å². The van der Waals surface area contributed by atoms with Crippen LogP contribution in [0.4, 0.5) is 5.95 Å². The van der Waals surface area contributed by atoms with Crippen LogP contribution in [-0.4, -0.2) is 56.9 Å². The number of anilines is 1. The van der Waals surface area contributed by atoms with Crippen LogP contribution in [0.15, 0.2) is 18.3 Å². The van der Waals surface area contributed by atoms with Crippen molar-refractivity contribution in [1.29, 1.82) is 0 Å². The van der Waals surface area contributed by atoms with Gasteiger partial charge < -0.3 is 4.90 Å². The molecule has 3 heterocycles. The SMILES string of the molecule is Cc1cc(C)n(-c2ccnc(N3CCN(C4CCCCC4)CC3)n2)n1. The van der Waals surface area contributed by atoms with E-state index >= 15 is 0 Å². The molecule has 0 unspecified atom stereocenters. The molecule has 1 aliphatic carbocycles. The highest BCUT2D eigenvalue weighted by Gasteiger charge is 2.26. The Bertz CT molecular complexity index is 710. The molecule has 1 aliphatic heterocycles. The normalized spacial score (nSPS) is 20.2. The zero-order valence-electron chi connectivity index (χ0n) is 15.4. The lowest BCUT2D eigenvalue weighted by atomic mass is 9.94. The van der Waals surface area contributed by atoms with E-state index < -0.39 is 0 Å². The summed E-state index contributed by atoms with van der Waals surface area (Å²) in [5, 5.41) is 4.54. The molecule has 0 N–H and O–H groups in total. The zero-order chi connectivity index (χ0) is 17.2. The van der Waals surface area contributed by atoms with Crippen molar-refractivity contribution in [3.05, 3.63) is 29.7 Å². The van der Waals surface area contributed by atoms with E-state index in [2.05, 4.69) is 32.9 Å². The van der Waals surface area contributed by atoms with Crippen LogP contribution in [0.5, 0.6) is 0 Å². The topological polar surface area (TPSA) is 50.1 Å². The molecule has 1 saturated heterocycles. The second kappa shape index (κ2) is 7.12. The highest BCUT2D eigenvalue weighted by atomic mass is 15.4. The van der Waals surface area contributed by atoms with Gasteiger partial charge in [-0.25, -0.2) is 9.67 Å². The second-order valence-corrected chi connectivity index (χ2v) is 7.37. The summed E-state index contributed by atoms with van der Waals surface area (Å²) >= 11 is 0. The van der Waals surface area contributed by atoms with Gasteiger partial charge in [0.25, 0.3) is 0 Å². The second-order valence-electron chi connectivity index (χ2n) is 7.37. The number of rotatable bonds is 3. The summed E-state index contributed by atoms with van der Waals surface area (Å²) in [6.45, 7) is 8.34. The van der Waals surface area contributed by atoms with E-state index in [-0.39, 0.29) is 0 Å². The van der Waals surface area contributed by atoms with Gasteiger partial charge in [0.2, 0.25) is 5.95 Å². The number of hydrogen-bond acceptors (Lipinski definition) is 5. The van der Waals surface area contributed by atoms with Crippen LogP contribution in [-0.2, 0) is 0 Å². The molecule has 1 saturated carbocycles. The summed E-state index contributed by atoms with van der Waals surface area (Å²) in [4.78, 5) is 14.3. The first-order chi connectivity index (χ1) is 12.2. The summed E-state index contributed by atoms with van der Waals surface area (Å²) < 4.78 is 1.90. The van der Waals surface area contributed by atoms with E-state index in [0.29, 0.717) is 0 Å². The first-order valence-electron chi connectivity index (χ1n) is 9.56. The van der Waals surface area contributed by atoms with Crippen LogP contribution in [0.3, 0.4) is 0 Å². The Kier molecular flexibility index (Phi) is 4.70. The summed E-state index contributed by atoms with van der Waals surface area (Å²) in [5.41, 5.74) is 2.11. The summed E-state index contributed by atoms with van der Waals surface area (Å²) in [5.74, 6) is 1.68. The fourth-order valence-electron chi connectivity index (χ4n) is 4.20. The number of aryl methyl sites for hydroxylation is 2. The van der Waals surface area contributed by atoms with Gasteiger partial charge in [-0.05, 0) is 32.8 Å². The maximum absolute atomic E-state index is 4.78. The molecular weight excluding hydrogens is 312 g/mol. The molecule has 2 aromatic heterocycles. The molecule has 0 atom stereocenters. The molecule has 0 aromatic carbocycles. The van der Waals surface area contributed by atoms with Gasteiger partial charge in [-0.3, -0.25) is 4.90 Å². The maximum atomic E-state index is 4.78. The third-order valence-corrected chi connectivity index (χ3v) is 5.54. The molecule has 2 aromatic rings. The fourth-order valence-corrected chi connectivity index (χ4v) is 4.20. The van der Waals surface area contributed by atoms with Crippen LogP contribution in [0, 0.1) is 13.8 Å². The largest absolute Gasteiger partial charge is 0.338 e. The molecule has 0 radical (unpaired) electrons. The van der Waals surface area contributed by atoms with Crippen molar-refractivity contribution in [2.75, 3.05) is 31.1 Å². The summed E-state index contributed by atoms with van der Waals surface area (Å²) in [7, 11) is 0. The molecule has 0 amide bonds. The minimum Gasteiger partial charge on any atom is -0.338 e. The quantitative estimate of drug-likeness (QED) is 0.860. The van der Waals surface area contributed by atoms with Gasteiger partial charge in [-0.2, -0.15) is 10.1 Å². The van der Waals surface area contributed by atoms with Crippen molar-refractivity contribution >= 4 is 5.95 Å². The lowest BCUT2D eigenvalue weighted by Crippen LogP contribution is -2.51. The first kappa shape index (κ1) is 16.5. The Balaban J connectivity index is 1.44. The first-order valence-corrected chi connectivity index (χ1v) is 9.56. The van der Waals surface area contributed by atoms with E-state index in [1.54, 1.807) is 0 Å². The van der Waals surface area contributed by atoms with Gasteiger partial charge in [0.1, 0.15) is 0 Å². The molecule has 0 bridgehead atoms. The maximum Gasteiger partial charge on any atom is 0.227 e. The highest BCUT2D eigenvalue weighted by molar-refractivity contribution is 5.36. The zero-order valence-corrected chi connectivity index (χ0v) is 15.4. The third kappa shape index (κ3) is 3.54. The van der Waals surface area contributed by atoms with E-state index in [1.165, 1.54) is 32.1 Å². The summed E-state index contributed by atoms with van der Waals surface area (Å²) in [6.07, 6.45) is 8.83. The Hall–Kier alpha value is -1.95. The summed E-state index contributed by atoms with van der Waals surface area (Å²) in [6, 6.07) is 4.81. The standard InChI is InChI=1S/C19H28N6/c1-15-14-16(2)25(22-15)18-8-9-20-19(21-18)24-12-10-23(11-13-24)17-6-4-3-5-7-17/h8-9,14,17H,3-7,10-13H2,1-2H3. The Morgan fingerprint density at radius 2 is 1.76 bits per heavy atom. The van der Waals surface area contributed by atoms with Crippen LogP contribution in [0.2, 0.25) is 0 Å². The van der Waals surface area contributed by atoms with Crippen LogP contribution in [0.1, 0.15) is 43.5 Å². The lowest BCUT2D eigenvalue weighted by molar-refractivity contribution is 0.147. The predicted octanol–water partition coefficient (Wildman–Crippen LogP) is 2.73. The third-order valence-electron chi connectivity index (χ3n) is 5.54. The molecule has 134 valence electrons. The van der Waals surface area contributed by atoms with Gasteiger partial charge in [-0.1, -0.05) is 19.3 Å². The van der Waals surface area contributed by atoms with Crippen molar-refractivity contribution < 1.29 is 0 Å². The number of piperazine rings is 1. The fraction of sp³-hybridized carbons (Fsp3) is 0.632. The molecule has 4 rings (SSSR count). The molecule has 25 heavy (non-hydrogen) atoms. The highest BCUT2D eigenvalue weighted by Crippen LogP contribution is 2.24. The molecule has 6 heteroatoms. The molecule has 0 spiro atoms. The Morgan fingerprint density at radius 1 is 1.00 bits per heavy atom. The van der Waals surface area contributed by atoms with Gasteiger partial charge in [0, 0.05) is 50.2 Å². The van der Waals surface area contributed by atoms with E-state index in [1.807, 2.05) is 23.9 Å². The van der Waals surface area contributed by atoms with Crippen molar-refractivity contribution in [2.45, 2.75) is 52.0 Å². The molecule has 2 fully saturated rings. The Morgan fingerprint density at radius 3 is 2.44 bits per heavy atom. The lowest BCUT2D eigenvalue weighted by Gasteiger charge is -2.40. The van der Waals surface area contributed by atoms with Crippen molar-refractivity contribution in [1.82, 2.24) is 24.6 Å².